The molecule has 0 aliphatic heterocycles. The number of nitrogens with two attached hydrogens (primary N) is 1. The number of aromatic nitrogens is 2. The fourth-order valence-electron chi connectivity index (χ4n) is 2.21. The number of hydrogen-bond donors (Lipinski definition) is 1. The van der Waals surface area contributed by atoms with Crippen LogP contribution in [0, 0.1) is 24.0 Å². The molecule has 0 saturated heterocycles. The van der Waals surface area contributed by atoms with Crippen molar-refractivity contribution in [2.45, 2.75) is 20.3 Å². The van der Waals surface area contributed by atoms with Crippen molar-refractivity contribution in [3.05, 3.63) is 51.3 Å². The second-order valence-corrected chi connectivity index (χ2v) is 4.35. The van der Waals surface area contributed by atoms with Crippen LogP contribution in [0.2, 0.25) is 0 Å². The molecule has 0 amide bonds. The lowest BCUT2D eigenvalue weighted by molar-refractivity contribution is -0.384. The number of nitrogens with zero attached hydrogens (tertiary/aromatic N) is 3. The number of aryl methyl sites for hydroxylation is 1. The van der Waals surface area contributed by atoms with Gasteiger partial charge in [0.25, 0.3) is 5.69 Å². The van der Waals surface area contributed by atoms with Gasteiger partial charge in [0.05, 0.1) is 10.6 Å². The zero-order chi connectivity index (χ0) is 14.0. The molecule has 0 bridgehead atoms. The van der Waals surface area contributed by atoms with Gasteiger partial charge in [-0.05, 0) is 38.4 Å². The maximum atomic E-state index is 11.1. The Bertz CT molecular complexity index is 619. The highest BCUT2D eigenvalue weighted by atomic mass is 16.6. The third-order valence-corrected chi connectivity index (χ3v) is 3.14. The van der Waals surface area contributed by atoms with E-state index < -0.39 is 4.92 Å². The van der Waals surface area contributed by atoms with Gasteiger partial charge in [0.15, 0.2) is 0 Å². The van der Waals surface area contributed by atoms with Gasteiger partial charge in [0, 0.05) is 11.8 Å². The van der Waals surface area contributed by atoms with Gasteiger partial charge >= 0.3 is 0 Å². The second kappa shape index (κ2) is 5.19. The van der Waals surface area contributed by atoms with Crippen molar-refractivity contribution < 1.29 is 4.92 Å². The average Bonchev–Trinajstić information content (AvgIpc) is 2.67. The highest BCUT2D eigenvalue weighted by Gasteiger charge is 2.19. The topological polar surface area (TPSA) is 87.0 Å². The van der Waals surface area contributed by atoms with Crippen molar-refractivity contribution in [3.63, 3.8) is 0 Å². The molecule has 0 unspecified atom stereocenters. The van der Waals surface area contributed by atoms with Crippen molar-refractivity contribution in [1.29, 1.82) is 0 Å². The van der Waals surface area contributed by atoms with Crippen LogP contribution < -0.4 is 5.73 Å². The van der Waals surface area contributed by atoms with Crippen LogP contribution in [-0.2, 0) is 6.42 Å². The van der Waals surface area contributed by atoms with Crippen LogP contribution in [0.15, 0.2) is 24.3 Å². The summed E-state index contributed by atoms with van der Waals surface area (Å²) in [6, 6.07) is 6.59. The van der Waals surface area contributed by atoms with Crippen LogP contribution in [-0.4, -0.2) is 21.2 Å². The number of nitro benzene ring substituents is 1. The number of rotatable bonds is 4. The standard InChI is InChI=1S/C13H16N4O2/c1-9-11(7-8-14)10(2)16(15-9)12-5-3-4-6-13(12)17(18)19/h3-6H,7-8,14H2,1-2H3. The Morgan fingerprint density at radius 2 is 2.05 bits per heavy atom. The van der Waals surface area contributed by atoms with Gasteiger partial charge < -0.3 is 5.73 Å². The monoisotopic (exact) mass is 260 g/mol. The quantitative estimate of drug-likeness (QED) is 0.671. The molecule has 19 heavy (non-hydrogen) atoms. The summed E-state index contributed by atoms with van der Waals surface area (Å²) in [5, 5.41) is 15.5. The molecular formula is C13H16N4O2. The van der Waals surface area contributed by atoms with Crippen LogP contribution in [0.1, 0.15) is 17.0 Å². The van der Waals surface area contributed by atoms with Gasteiger partial charge in [-0.25, -0.2) is 4.68 Å². The van der Waals surface area contributed by atoms with Crippen molar-refractivity contribution >= 4 is 5.69 Å². The lowest BCUT2D eigenvalue weighted by atomic mass is 10.1. The lowest BCUT2D eigenvalue weighted by Gasteiger charge is -2.05. The molecule has 6 nitrogen and oxygen atoms in total. The first-order chi connectivity index (χ1) is 9.06. The van der Waals surface area contributed by atoms with E-state index in [0.29, 0.717) is 12.2 Å². The SMILES string of the molecule is Cc1nn(-c2ccccc2[N+](=O)[O-])c(C)c1CCN. The third kappa shape index (κ3) is 2.34. The largest absolute Gasteiger partial charge is 0.330 e. The van der Waals surface area contributed by atoms with Gasteiger partial charge in [-0.1, -0.05) is 12.1 Å². The first kappa shape index (κ1) is 13.2. The number of para-hydroxylation sites is 2. The molecule has 0 radical (unpaired) electrons. The summed E-state index contributed by atoms with van der Waals surface area (Å²) < 4.78 is 1.62. The third-order valence-electron chi connectivity index (χ3n) is 3.14. The van der Waals surface area contributed by atoms with Crippen molar-refractivity contribution in [2.24, 2.45) is 5.73 Å². The Labute approximate surface area is 111 Å². The molecule has 0 spiro atoms. The fraction of sp³-hybridized carbons (Fsp3) is 0.308. The first-order valence-electron chi connectivity index (χ1n) is 6.05. The van der Waals surface area contributed by atoms with Crippen molar-refractivity contribution in [3.8, 4) is 5.69 Å². The summed E-state index contributed by atoms with van der Waals surface area (Å²) in [5.74, 6) is 0. The average molecular weight is 260 g/mol. The summed E-state index contributed by atoms with van der Waals surface area (Å²) >= 11 is 0. The molecule has 0 aliphatic rings. The summed E-state index contributed by atoms with van der Waals surface area (Å²) in [5.41, 5.74) is 8.93. The number of nitro groups is 1. The summed E-state index contributed by atoms with van der Waals surface area (Å²) in [4.78, 5) is 10.7. The molecular weight excluding hydrogens is 244 g/mol. The Balaban J connectivity index is 2.60. The van der Waals surface area contributed by atoms with Crippen LogP contribution in [0.3, 0.4) is 0 Å². The van der Waals surface area contributed by atoms with E-state index in [2.05, 4.69) is 5.10 Å². The zero-order valence-corrected chi connectivity index (χ0v) is 11.0. The number of hydrogen-bond acceptors (Lipinski definition) is 4. The zero-order valence-electron chi connectivity index (χ0n) is 11.0. The van der Waals surface area contributed by atoms with Gasteiger partial charge in [0.1, 0.15) is 5.69 Å². The van der Waals surface area contributed by atoms with Crippen LogP contribution in [0.4, 0.5) is 5.69 Å². The molecule has 2 N–H and O–H groups in total. The normalized spacial score (nSPS) is 10.7. The van der Waals surface area contributed by atoms with Crippen LogP contribution >= 0.6 is 0 Å². The molecule has 0 atom stereocenters. The minimum atomic E-state index is -0.394. The second-order valence-electron chi connectivity index (χ2n) is 4.35. The summed E-state index contributed by atoms with van der Waals surface area (Å²) in [6.07, 6.45) is 0.721. The fourth-order valence-corrected chi connectivity index (χ4v) is 2.21. The van der Waals surface area contributed by atoms with Crippen molar-refractivity contribution in [2.75, 3.05) is 6.54 Å². The highest BCUT2D eigenvalue weighted by molar-refractivity contribution is 5.53. The molecule has 0 saturated carbocycles. The van der Waals surface area contributed by atoms with E-state index >= 15 is 0 Å². The van der Waals surface area contributed by atoms with E-state index in [1.165, 1.54) is 6.07 Å². The molecule has 100 valence electrons. The van der Waals surface area contributed by atoms with Crippen LogP contribution in [0.25, 0.3) is 5.69 Å². The van der Waals surface area contributed by atoms with Gasteiger partial charge in [-0.2, -0.15) is 5.10 Å². The summed E-state index contributed by atoms with van der Waals surface area (Å²) in [6.45, 7) is 4.33. The van der Waals surface area contributed by atoms with Gasteiger partial charge in [0.2, 0.25) is 0 Å². The van der Waals surface area contributed by atoms with E-state index in [1.54, 1.807) is 22.9 Å². The predicted octanol–water partition coefficient (Wildman–Crippen LogP) is 1.90. The molecule has 2 rings (SSSR count). The van der Waals surface area contributed by atoms with Crippen LogP contribution in [0.5, 0.6) is 0 Å². The Morgan fingerprint density at radius 1 is 1.37 bits per heavy atom. The number of benzene rings is 1. The molecule has 0 fully saturated rings. The molecule has 0 aliphatic carbocycles. The van der Waals surface area contributed by atoms with E-state index in [4.69, 9.17) is 5.73 Å². The lowest BCUT2D eigenvalue weighted by Crippen LogP contribution is -2.06. The van der Waals surface area contributed by atoms with Crippen molar-refractivity contribution in [1.82, 2.24) is 9.78 Å². The van der Waals surface area contributed by atoms with Gasteiger partial charge in [-0.3, -0.25) is 10.1 Å². The molecule has 1 aromatic heterocycles. The van der Waals surface area contributed by atoms with E-state index in [9.17, 15) is 10.1 Å². The molecule has 2 aromatic rings. The Morgan fingerprint density at radius 3 is 2.68 bits per heavy atom. The molecule has 1 heterocycles. The Hall–Kier alpha value is -2.21. The first-order valence-corrected chi connectivity index (χ1v) is 6.05. The van der Waals surface area contributed by atoms with E-state index in [1.807, 2.05) is 13.8 Å². The highest BCUT2D eigenvalue weighted by Crippen LogP contribution is 2.25. The predicted molar refractivity (Wildman–Crippen MR) is 72.5 cm³/mol. The molecule has 1 aromatic carbocycles. The molecule has 6 heteroatoms. The minimum Gasteiger partial charge on any atom is -0.330 e. The maximum Gasteiger partial charge on any atom is 0.294 e. The smallest absolute Gasteiger partial charge is 0.294 e. The van der Waals surface area contributed by atoms with E-state index in [-0.39, 0.29) is 5.69 Å². The van der Waals surface area contributed by atoms with E-state index in [0.717, 1.165) is 23.4 Å². The Kier molecular flexibility index (Phi) is 3.62. The van der Waals surface area contributed by atoms with Gasteiger partial charge in [-0.15, -0.1) is 0 Å². The summed E-state index contributed by atoms with van der Waals surface area (Å²) in [7, 11) is 0. The minimum absolute atomic E-state index is 0.0485. The maximum absolute atomic E-state index is 11.1.